The van der Waals surface area contributed by atoms with Crippen LogP contribution in [0.3, 0.4) is 0 Å². The number of fused-ring (bicyclic) bond motifs is 1. The van der Waals surface area contributed by atoms with E-state index in [2.05, 4.69) is 5.10 Å². The first kappa shape index (κ1) is 20.3. The summed E-state index contributed by atoms with van der Waals surface area (Å²) in [6.45, 7) is 0.897. The minimum absolute atomic E-state index is 0.134. The van der Waals surface area contributed by atoms with Crippen LogP contribution in [0.15, 0.2) is 89.7 Å². The Kier molecular flexibility index (Phi) is 6.38. The molecule has 0 aliphatic carbocycles. The van der Waals surface area contributed by atoms with Crippen LogP contribution in [0.5, 0.6) is 5.75 Å². The van der Waals surface area contributed by atoms with Gasteiger partial charge in [-0.3, -0.25) is 4.79 Å². The number of esters is 1. The van der Waals surface area contributed by atoms with E-state index in [4.69, 9.17) is 9.47 Å². The van der Waals surface area contributed by atoms with Crippen LogP contribution in [0.25, 0.3) is 10.8 Å². The average Bonchev–Trinajstić information content (AvgIpc) is 2.82. The first-order valence-electron chi connectivity index (χ1n) is 10.1. The monoisotopic (exact) mass is 414 g/mol. The molecule has 3 aromatic carbocycles. The predicted molar refractivity (Wildman–Crippen MR) is 118 cm³/mol. The smallest absolute Gasteiger partial charge is 0.359 e. The van der Waals surface area contributed by atoms with Gasteiger partial charge in [0.15, 0.2) is 5.69 Å². The van der Waals surface area contributed by atoms with Crippen molar-refractivity contribution in [2.45, 2.75) is 13.0 Å². The Balaban J connectivity index is 1.48. The zero-order chi connectivity index (χ0) is 21.5. The zero-order valence-electron chi connectivity index (χ0n) is 16.9. The zero-order valence-corrected chi connectivity index (χ0v) is 16.9. The molecular formula is C25H22N2O4. The van der Waals surface area contributed by atoms with Crippen LogP contribution in [0.1, 0.15) is 22.5 Å². The maximum atomic E-state index is 12.9. The quantitative estimate of drug-likeness (QED) is 0.321. The molecule has 0 radical (unpaired) electrons. The lowest BCUT2D eigenvalue weighted by molar-refractivity contribution is 0.0479. The first-order valence-corrected chi connectivity index (χ1v) is 10.1. The van der Waals surface area contributed by atoms with E-state index >= 15 is 0 Å². The van der Waals surface area contributed by atoms with Crippen LogP contribution < -0.4 is 10.3 Å². The topological polar surface area (TPSA) is 70.4 Å². The summed E-state index contributed by atoms with van der Waals surface area (Å²) in [5.41, 5.74) is 0.812. The van der Waals surface area contributed by atoms with E-state index in [1.165, 1.54) is 4.68 Å². The Morgan fingerprint density at radius 3 is 2.19 bits per heavy atom. The maximum absolute atomic E-state index is 12.9. The third-order valence-electron chi connectivity index (χ3n) is 4.77. The molecule has 1 aromatic heterocycles. The Morgan fingerprint density at radius 1 is 0.806 bits per heavy atom. The third-order valence-corrected chi connectivity index (χ3v) is 4.77. The van der Waals surface area contributed by atoms with Crippen LogP contribution in [0, 0.1) is 0 Å². The van der Waals surface area contributed by atoms with Gasteiger partial charge in [-0.2, -0.15) is 5.10 Å². The lowest BCUT2D eigenvalue weighted by Crippen LogP contribution is -2.27. The number of aromatic nitrogens is 2. The SMILES string of the molecule is O=C(OCCCOc1ccccc1)c1nn(Cc2ccccc2)c(=O)c2ccccc12. The normalized spacial score (nSPS) is 10.7. The summed E-state index contributed by atoms with van der Waals surface area (Å²) in [5.74, 6) is 0.215. The molecule has 0 spiro atoms. The van der Waals surface area contributed by atoms with Crippen molar-refractivity contribution in [3.8, 4) is 5.75 Å². The van der Waals surface area contributed by atoms with Gasteiger partial charge in [0.05, 0.1) is 25.1 Å². The third kappa shape index (κ3) is 4.98. The fourth-order valence-corrected chi connectivity index (χ4v) is 3.25. The van der Waals surface area contributed by atoms with Crippen LogP contribution in [0.2, 0.25) is 0 Å². The van der Waals surface area contributed by atoms with Gasteiger partial charge in [-0.25, -0.2) is 9.48 Å². The van der Waals surface area contributed by atoms with Gasteiger partial charge >= 0.3 is 5.97 Å². The Morgan fingerprint density at radius 2 is 1.45 bits per heavy atom. The molecule has 0 bridgehead atoms. The molecule has 4 aromatic rings. The fraction of sp³-hybridized carbons (Fsp3) is 0.160. The Bertz CT molecular complexity index is 1220. The van der Waals surface area contributed by atoms with Crippen molar-refractivity contribution in [2.24, 2.45) is 0 Å². The van der Waals surface area contributed by atoms with E-state index in [0.717, 1.165) is 11.3 Å². The molecule has 6 nitrogen and oxygen atoms in total. The van der Waals surface area contributed by atoms with E-state index in [-0.39, 0.29) is 24.4 Å². The first-order chi connectivity index (χ1) is 15.2. The molecule has 6 heteroatoms. The van der Waals surface area contributed by atoms with Gasteiger partial charge in [0.25, 0.3) is 5.56 Å². The molecule has 31 heavy (non-hydrogen) atoms. The van der Waals surface area contributed by atoms with E-state index < -0.39 is 5.97 Å². The standard InChI is InChI=1S/C25H22N2O4/c28-24-22-15-8-7-14-21(22)23(26-27(24)18-19-10-3-1-4-11-19)25(29)31-17-9-16-30-20-12-5-2-6-13-20/h1-8,10-15H,9,16-18H2. The summed E-state index contributed by atoms with van der Waals surface area (Å²) >= 11 is 0. The number of hydrogen-bond acceptors (Lipinski definition) is 5. The number of rotatable bonds is 8. The minimum atomic E-state index is -0.558. The number of para-hydroxylation sites is 1. The van der Waals surface area contributed by atoms with E-state index in [0.29, 0.717) is 23.8 Å². The van der Waals surface area contributed by atoms with Crippen molar-refractivity contribution in [3.63, 3.8) is 0 Å². The molecule has 0 unspecified atom stereocenters. The molecule has 0 N–H and O–H groups in total. The number of ether oxygens (including phenoxy) is 2. The summed E-state index contributed by atoms with van der Waals surface area (Å²) in [4.78, 5) is 25.6. The molecule has 4 rings (SSSR count). The van der Waals surface area contributed by atoms with Crippen molar-refractivity contribution in [1.82, 2.24) is 9.78 Å². The highest BCUT2D eigenvalue weighted by atomic mass is 16.5. The molecule has 0 atom stereocenters. The lowest BCUT2D eigenvalue weighted by atomic mass is 10.1. The van der Waals surface area contributed by atoms with Crippen molar-refractivity contribution in [3.05, 3.63) is 107 Å². The summed E-state index contributed by atoms with van der Waals surface area (Å²) in [6.07, 6.45) is 0.544. The molecule has 0 fully saturated rings. The summed E-state index contributed by atoms with van der Waals surface area (Å²) in [6, 6.07) is 25.9. The molecule has 1 heterocycles. The van der Waals surface area contributed by atoms with Crippen molar-refractivity contribution >= 4 is 16.7 Å². The second-order valence-electron chi connectivity index (χ2n) is 6.99. The van der Waals surface area contributed by atoms with Gasteiger partial charge in [-0.1, -0.05) is 66.7 Å². The summed E-state index contributed by atoms with van der Waals surface area (Å²) in [5, 5.41) is 5.27. The van der Waals surface area contributed by atoms with Crippen molar-refractivity contribution in [2.75, 3.05) is 13.2 Å². The molecule has 0 saturated heterocycles. The lowest BCUT2D eigenvalue weighted by Gasteiger charge is -2.11. The highest BCUT2D eigenvalue weighted by molar-refractivity contribution is 6.02. The van der Waals surface area contributed by atoms with E-state index in [1.807, 2.05) is 60.7 Å². The van der Waals surface area contributed by atoms with Gasteiger partial charge in [0.1, 0.15) is 5.75 Å². The molecule has 0 amide bonds. The molecule has 0 aliphatic heterocycles. The number of nitrogens with zero attached hydrogens (tertiary/aromatic N) is 2. The van der Waals surface area contributed by atoms with Gasteiger partial charge in [-0.05, 0) is 23.8 Å². The fourth-order valence-electron chi connectivity index (χ4n) is 3.25. The second kappa shape index (κ2) is 9.71. The summed E-state index contributed by atoms with van der Waals surface area (Å²) < 4.78 is 12.3. The molecule has 156 valence electrons. The number of carbonyl (C=O) groups excluding carboxylic acids is 1. The molecular weight excluding hydrogens is 392 g/mol. The van der Waals surface area contributed by atoms with Crippen LogP contribution in [0.4, 0.5) is 0 Å². The van der Waals surface area contributed by atoms with Gasteiger partial charge in [0.2, 0.25) is 0 Å². The minimum Gasteiger partial charge on any atom is -0.493 e. The van der Waals surface area contributed by atoms with Crippen LogP contribution in [-0.2, 0) is 11.3 Å². The van der Waals surface area contributed by atoms with Gasteiger partial charge < -0.3 is 9.47 Å². The van der Waals surface area contributed by atoms with Crippen molar-refractivity contribution < 1.29 is 14.3 Å². The second-order valence-corrected chi connectivity index (χ2v) is 6.99. The summed E-state index contributed by atoms with van der Waals surface area (Å²) in [7, 11) is 0. The molecule has 0 aliphatic rings. The number of hydrogen-bond donors (Lipinski definition) is 0. The number of carbonyl (C=O) groups is 1. The Hall–Kier alpha value is -3.93. The Labute approximate surface area is 179 Å². The van der Waals surface area contributed by atoms with E-state index in [9.17, 15) is 9.59 Å². The van der Waals surface area contributed by atoms with Gasteiger partial charge in [0, 0.05) is 11.8 Å². The predicted octanol–water partition coefficient (Wildman–Crippen LogP) is 4.07. The largest absolute Gasteiger partial charge is 0.493 e. The highest BCUT2D eigenvalue weighted by Crippen LogP contribution is 2.15. The molecule has 0 saturated carbocycles. The highest BCUT2D eigenvalue weighted by Gasteiger charge is 2.18. The van der Waals surface area contributed by atoms with Crippen LogP contribution in [-0.4, -0.2) is 29.0 Å². The van der Waals surface area contributed by atoms with Gasteiger partial charge in [-0.15, -0.1) is 0 Å². The average molecular weight is 414 g/mol. The van der Waals surface area contributed by atoms with Crippen LogP contribution >= 0.6 is 0 Å². The number of benzene rings is 3. The maximum Gasteiger partial charge on any atom is 0.359 e. The van der Waals surface area contributed by atoms with Crippen molar-refractivity contribution in [1.29, 1.82) is 0 Å². The van der Waals surface area contributed by atoms with E-state index in [1.54, 1.807) is 24.3 Å².